The van der Waals surface area contributed by atoms with Crippen LogP contribution >= 0.6 is 0 Å². The molecule has 3 rings (SSSR count). The lowest BCUT2D eigenvalue weighted by molar-refractivity contribution is 0.590. The van der Waals surface area contributed by atoms with Gasteiger partial charge in [-0.15, -0.1) is 0 Å². The molecule has 1 atom stereocenters. The highest BCUT2D eigenvalue weighted by atomic mass is 15.2. The van der Waals surface area contributed by atoms with Crippen LogP contribution in [0.15, 0.2) is 24.3 Å². The van der Waals surface area contributed by atoms with Gasteiger partial charge in [0, 0.05) is 6.42 Å². The Balaban J connectivity index is 1.69. The van der Waals surface area contributed by atoms with Gasteiger partial charge in [0.2, 0.25) is 0 Å². The quantitative estimate of drug-likeness (QED) is 0.910. The highest BCUT2D eigenvalue weighted by molar-refractivity contribution is 5.29. The molecule has 4 heteroatoms. The van der Waals surface area contributed by atoms with Crippen LogP contribution in [0.4, 0.5) is 0 Å². The summed E-state index contributed by atoms with van der Waals surface area (Å²) in [6.07, 6.45) is 3.16. The Morgan fingerprint density at radius 1 is 1.19 bits per heavy atom. The normalized spacial score (nSPS) is 19.1. The molecular formula is C17H24N4. The molecule has 112 valence electrons. The number of nitrogens with one attached hydrogen (secondary N) is 2. The van der Waals surface area contributed by atoms with Crippen LogP contribution in [0, 0.1) is 0 Å². The lowest BCUT2D eigenvalue weighted by Crippen LogP contribution is -2.14. The van der Waals surface area contributed by atoms with Gasteiger partial charge in [0.15, 0.2) is 5.82 Å². The van der Waals surface area contributed by atoms with E-state index in [2.05, 4.69) is 65.5 Å². The Morgan fingerprint density at radius 2 is 1.95 bits per heavy atom. The average Bonchev–Trinajstić information content (AvgIpc) is 3.08. The van der Waals surface area contributed by atoms with Crippen molar-refractivity contribution in [2.45, 2.75) is 51.5 Å². The summed E-state index contributed by atoms with van der Waals surface area (Å²) in [5, 5.41) is 10.9. The zero-order valence-electron chi connectivity index (χ0n) is 13.1. The molecule has 1 fully saturated rings. The Hall–Kier alpha value is -1.68. The fourth-order valence-electron chi connectivity index (χ4n) is 2.77. The molecule has 21 heavy (non-hydrogen) atoms. The molecule has 2 aromatic rings. The van der Waals surface area contributed by atoms with Crippen molar-refractivity contribution in [2.24, 2.45) is 0 Å². The SMILES string of the molecule is CC(C)(C)c1ccc(Cc2nc(C3CCCN3)n[nH]2)cc1. The molecule has 2 heterocycles. The molecular weight excluding hydrogens is 260 g/mol. The maximum absolute atomic E-state index is 4.63. The van der Waals surface area contributed by atoms with Crippen molar-refractivity contribution in [3.8, 4) is 0 Å². The third-order valence-corrected chi connectivity index (χ3v) is 4.11. The predicted molar refractivity (Wildman–Crippen MR) is 84.3 cm³/mol. The number of aromatic nitrogens is 3. The fraction of sp³-hybridized carbons (Fsp3) is 0.529. The number of hydrogen-bond acceptors (Lipinski definition) is 3. The number of aromatic amines is 1. The van der Waals surface area contributed by atoms with E-state index >= 15 is 0 Å². The summed E-state index contributed by atoms with van der Waals surface area (Å²) in [5.41, 5.74) is 2.83. The first kappa shape index (κ1) is 14.3. The van der Waals surface area contributed by atoms with E-state index in [1.807, 2.05) is 0 Å². The summed E-state index contributed by atoms with van der Waals surface area (Å²) >= 11 is 0. The highest BCUT2D eigenvalue weighted by Crippen LogP contribution is 2.23. The molecule has 0 amide bonds. The number of benzene rings is 1. The van der Waals surface area contributed by atoms with Gasteiger partial charge in [-0.1, -0.05) is 45.0 Å². The van der Waals surface area contributed by atoms with Crippen molar-refractivity contribution in [3.63, 3.8) is 0 Å². The Kier molecular flexibility index (Phi) is 3.81. The lowest BCUT2D eigenvalue weighted by Gasteiger charge is -2.19. The summed E-state index contributed by atoms with van der Waals surface area (Å²) < 4.78 is 0. The number of H-pyrrole nitrogens is 1. The van der Waals surface area contributed by atoms with Crippen molar-refractivity contribution in [3.05, 3.63) is 47.0 Å². The summed E-state index contributed by atoms with van der Waals surface area (Å²) in [7, 11) is 0. The molecule has 1 unspecified atom stereocenters. The minimum atomic E-state index is 0.200. The molecule has 1 aromatic carbocycles. The average molecular weight is 284 g/mol. The van der Waals surface area contributed by atoms with Crippen molar-refractivity contribution >= 4 is 0 Å². The minimum Gasteiger partial charge on any atom is -0.307 e. The van der Waals surface area contributed by atoms with Gasteiger partial charge >= 0.3 is 0 Å². The second-order valence-corrected chi connectivity index (χ2v) is 6.91. The molecule has 1 saturated heterocycles. The van der Waals surface area contributed by atoms with Gasteiger partial charge in [-0.2, -0.15) is 5.10 Å². The number of nitrogens with zero attached hydrogens (tertiary/aromatic N) is 2. The lowest BCUT2D eigenvalue weighted by atomic mass is 9.86. The maximum Gasteiger partial charge on any atom is 0.167 e. The van der Waals surface area contributed by atoms with E-state index in [1.165, 1.54) is 17.5 Å². The van der Waals surface area contributed by atoms with Gasteiger partial charge in [-0.25, -0.2) is 4.98 Å². The van der Waals surface area contributed by atoms with E-state index in [0.717, 1.165) is 31.0 Å². The van der Waals surface area contributed by atoms with E-state index in [9.17, 15) is 0 Å². The van der Waals surface area contributed by atoms with Gasteiger partial charge < -0.3 is 5.32 Å². The summed E-state index contributed by atoms with van der Waals surface area (Å²) in [6, 6.07) is 9.14. The highest BCUT2D eigenvalue weighted by Gasteiger charge is 2.20. The zero-order chi connectivity index (χ0) is 14.9. The molecule has 1 aromatic heterocycles. The molecule has 0 bridgehead atoms. The van der Waals surface area contributed by atoms with Crippen LogP contribution in [0.25, 0.3) is 0 Å². The van der Waals surface area contributed by atoms with Crippen molar-refractivity contribution in [1.82, 2.24) is 20.5 Å². The molecule has 0 aliphatic carbocycles. The van der Waals surface area contributed by atoms with Gasteiger partial charge in [-0.3, -0.25) is 5.10 Å². The molecule has 2 N–H and O–H groups in total. The monoisotopic (exact) mass is 284 g/mol. The minimum absolute atomic E-state index is 0.200. The zero-order valence-corrected chi connectivity index (χ0v) is 13.1. The third-order valence-electron chi connectivity index (χ3n) is 4.11. The smallest absolute Gasteiger partial charge is 0.167 e. The molecule has 4 nitrogen and oxygen atoms in total. The van der Waals surface area contributed by atoms with Crippen LogP contribution in [0.5, 0.6) is 0 Å². The molecule has 0 radical (unpaired) electrons. The van der Waals surface area contributed by atoms with Gasteiger partial charge in [-0.05, 0) is 35.9 Å². The maximum atomic E-state index is 4.63. The Morgan fingerprint density at radius 3 is 2.57 bits per heavy atom. The first-order valence-corrected chi connectivity index (χ1v) is 7.76. The van der Waals surface area contributed by atoms with Gasteiger partial charge in [0.1, 0.15) is 5.82 Å². The van der Waals surface area contributed by atoms with Crippen LogP contribution in [-0.4, -0.2) is 21.7 Å². The van der Waals surface area contributed by atoms with Crippen LogP contribution in [0.3, 0.4) is 0 Å². The fourth-order valence-corrected chi connectivity index (χ4v) is 2.77. The standard InChI is InChI=1S/C17H24N4/c1-17(2,3)13-8-6-12(7-9-13)11-15-19-16(21-20-15)14-5-4-10-18-14/h6-9,14,18H,4-5,10-11H2,1-3H3,(H,19,20,21). The topological polar surface area (TPSA) is 53.6 Å². The first-order valence-electron chi connectivity index (χ1n) is 7.76. The molecule has 0 saturated carbocycles. The van der Waals surface area contributed by atoms with E-state index in [-0.39, 0.29) is 5.41 Å². The third kappa shape index (κ3) is 3.32. The summed E-state index contributed by atoms with van der Waals surface area (Å²) in [4.78, 5) is 4.63. The Labute approximate surface area is 126 Å². The van der Waals surface area contributed by atoms with E-state index in [1.54, 1.807) is 0 Å². The second-order valence-electron chi connectivity index (χ2n) is 6.91. The Bertz CT molecular complexity index is 586. The van der Waals surface area contributed by atoms with Crippen LogP contribution in [0.1, 0.15) is 62.4 Å². The van der Waals surface area contributed by atoms with Crippen LogP contribution in [0.2, 0.25) is 0 Å². The van der Waals surface area contributed by atoms with Gasteiger partial charge in [0.25, 0.3) is 0 Å². The van der Waals surface area contributed by atoms with Gasteiger partial charge in [0.05, 0.1) is 6.04 Å². The molecule has 1 aliphatic rings. The summed E-state index contributed by atoms with van der Waals surface area (Å²) in [5.74, 6) is 1.86. The van der Waals surface area contributed by atoms with Crippen LogP contribution in [-0.2, 0) is 11.8 Å². The largest absolute Gasteiger partial charge is 0.307 e. The second kappa shape index (κ2) is 5.60. The summed E-state index contributed by atoms with van der Waals surface area (Å²) in [6.45, 7) is 7.78. The number of hydrogen-bond donors (Lipinski definition) is 2. The predicted octanol–water partition coefficient (Wildman–Crippen LogP) is 3.12. The van der Waals surface area contributed by atoms with E-state index < -0.39 is 0 Å². The van der Waals surface area contributed by atoms with Crippen LogP contribution < -0.4 is 5.32 Å². The first-order chi connectivity index (χ1) is 10.0. The molecule has 0 spiro atoms. The molecule has 1 aliphatic heterocycles. The van der Waals surface area contributed by atoms with E-state index in [4.69, 9.17) is 0 Å². The van der Waals surface area contributed by atoms with Crippen molar-refractivity contribution < 1.29 is 0 Å². The van der Waals surface area contributed by atoms with E-state index in [0.29, 0.717) is 6.04 Å². The van der Waals surface area contributed by atoms with Crippen molar-refractivity contribution in [2.75, 3.05) is 6.54 Å². The van der Waals surface area contributed by atoms with Crippen molar-refractivity contribution in [1.29, 1.82) is 0 Å². The number of rotatable bonds is 3.